The van der Waals surface area contributed by atoms with E-state index in [2.05, 4.69) is 4.33 Å². The molecule has 0 aliphatic heterocycles. The molecule has 0 aliphatic rings. The molecule has 0 spiro atoms. The maximum Gasteiger partial charge on any atom is 2.00 e. The minimum atomic E-state index is -4.97. The first-order chi connectivity index (χ1) is 2.56. The molecule has 7 heavy (non-hydrogen) atoms. The van der Waals surface area contributed by atoms with Crippen molar-refractivity contribution >= 4 is 10.4 Å². The van der Waals surface area contributed by atoms with Crippen LogP contribution < -0.4 is 5.26 Å². The third-order valence-electron chi connectivity index (χ3n) is 0.0833. The van der Waals surface area contributed by atoms with Gasteiger partial charge in [0.1, 0.15) is 0 Å². The molecule has 0 rings (SSSR count). The van der Waals surface area contributed by atoms with Crippen molar-refractivity contribution in [1.82, 2.24) is 0 Å². The van der Waals surface area contributed by atoms with Crippen molar-refractivity contribution in [2.75, 3.05) is 0 Å². The first-order valence-corrected chi connectivity index (χ1v) is 2.17. The molecule has 0 aromatic rings. The zero-order chi connectivity index (χ0) is 5.21. The minimum Gasteiger partial charge on any atom is -0.726 e. The Bertz CT molecular complexity index is 110. The van der Waals surface area contributed by atoms with E-state index in [-0.39, 0.29) is 22.4 Å². The fourth-order valence-corrected chi connectivity index (χ4v) is 0. The molecule has 7 heteroatoms. The Morgan fingerprint density at radius 1 is 1.43 bits per heavy atom. The van der Waals surface area contributed by atoms with Crippen LogP contribution in [0.2, 0.25) is 0 Å². The van der Waals surface area contributed by atoms with Gasteiger partial charge in [-0.1, -0.05) is 0 Å². The monoisotopic (exact) mass is 219 g/mol. The van der Waals surface area contributed by atoms with Crippen molar-refractivity contribution in [3.8, 4) is 0 Å². The molecular weight excluding hydrogens is 220 g/mol. The van der Waals surface area contributed by atoms with Crippen molar-refractivity contribution < 1.29 is 44.9 Å². The fourth-order valence-electron chi connectivity index (χ4n) is 0. The van der Waals surface area contributed by atoms with Crippen LogP contribution in [0, 0.1) is 0 Å². The Balaban J connectivity index is 0. The molecule has 0 unspecified atom stereocenters. The fraction of sp³-hybridized carbons (Fsp3) is 0. The number of hydrogen-bond donors (Lipinski definition) is 0. The normalized spacial score (nSPS) is 10.0. The third kappa shape index (κ3) is 10.8. The van der Waals surface area contributed by atoms with E-state index in [1.54, 1.807) is 0 Å². The Morgan fingerprint density at radius 2 is 1.57 bits per heavy atom. The molecule has 0 atom stereocenters. The molecule has 0 saturated carbocycles. The van der Waals surface area contributed by atoms with Crippen LogP contribution >= 0.6 is 0 Å². The second kappa shape index (κ2) is 3.56. The second-order valence-corrected chi connectivity index (χ2v) is 1.43. The van der Waals surface area contributed by atoms with Gasteiger partial charge in [-0.3, -0.25) is 0 Å². The van der Waals surface area contributed by atoms with Crippen LogP contribution in [0.3, 0.4) is 0 Å². The van der Waals surface area contributed by atoms with Gasteiger partial charge in [0, 0.05) is 0 Å². The van der Waals surface area contributed by atoms with E-state index < -0.39 is 10.4 Å². The van der Waals surface area contributed by atoms with Crippen LogP contribution in [0.1, 0.15) is 0 Å². The van der Waals surface area contributed by atoms with Crippen molar-refractivity contribution in [2.45, 2.75) is 0 Å². The van der Waals surface area contributed by atoms with Crippen LogP contribution in [0.5, 0.6) is 0 Å². The van der Waals surface area contributed by atoms with Crippen LogP contribution in [-0.4, -0.2) is 13.0 Å². The van der Waals surface area contributed by atoms with E-state index >= 15 is 0 Å². The Hall–Kier alpha value is 0.570. The number of hydrogen-bond acceptors (Lipinski definition) is 5. The summed E-state index contributed by atoms with van der Waals surface area (Å²) in [5.74, 6) is 0. The largest absolute Gasteiger partial charge is 2.00 e. The van der Waals surface area contributed by atoms with Crippen molar-refractivity contribution in [2.24, 2.45) is 0 Å². The Morgan fingerprint density at radius 3 is 1.57 bits per heavy atom. The van der Waals surface area contributed by atoms with Crippen LogP contribution in [0.25, 0.3) is 0 Å². The molecule has 1 radical (unpaired) electrons. The molecule has 5 nitrogen and oxygen atoms in total. The molecule has 0 bridgehead atoms. The molecule has 0 aromatic heterocycles. The summed E-state index contributed by atoms with van der Waals surface area (Å²) in [6.07, 6.45) is 0. The molecule has 47 valence electrons. The van der Waals surface area contributed by atoms with Gasteiger partial charge in [-0.05, 0) is 0 Å². The zero-order valence-electron chi connectivity index (χ0n) is 2.75. The van der Waals surface area contributed by atoms with E-state index in [9.17, 15) is 0 Å². The molecule has 0 aliphatic carbocycles. The molecule has 0 saturated heterocycles. The summed E-state index contributed by atoms with van der Waals surface area (Å²) >= 11 is 0. The van der Waals surface area contributed by atoms with Crippen LogP contribution in [0.15, 0.2) is 0 Å². The smallest absolute Gasteiger partial charge is 0.726 e. The standard InChI is InChI=1S/Ag.H2O5S/c;1-5-6(2,3)4/h;1H,(H,2,3,4)/q+2;/p-2. The van der Waals surface area contributed by atoms with E-state index in [0.717, 1.165) is 0 Å². The SMILES string of the molecule is O=S(=O)([O-])O[O-].[Ag+2]. The van der Waals surface area contributed by atoms with Crippen LogP contribution in [-0.2, 0) is 37.1 Å². The molecule has 0 N–H and O–H groups in total. The van der Waals surface area contributed by atoms with Gasteiger partial charge in [0.25, 0.3) is 0 Å². The van der Waals surface area contributed by atoms with Gasteiger partial charge in [-0.2, -0.15) is 0 Å². The predicted molar refractivity (Wildman–Crippen MR) is 10.8 cm³/mol. The third-order valence-corrected chi connectivity index (χ3v) is 0.250. The van der Waals surface area contributed by atoms with Gasteiger partial charge in [-0.25, -0.2) is 8.42 Å². The number of rotatable bonds is 1. The van der Waals surface area contributed by atoms with Gasteiger partial charge in [-0.15, -0.1) is 0 Å². The van der Waals surface area contributed by atoms with E-state index in [0.29, 0.717) is 0 Å². The average molecular weight is 220 g/mol. The van der Waals surface area contributed by atoms with Gasteiger partial charge in [0.05, 0.1) is 0 Å². The van der Waals surface area contributed by atoms with Gasteiger partial charge in [0.15, 0.2) is 0 Å². The molecule has 0 amide bonds. The van der Waals surface area contributed by atoms with Crippen molar-refractivity contribution in [3.63, 3.8) is 0 Å². The molecule has 0 fully saturated rings. The summed E-state index contributed by atoms with van der Waals surface area (Å²) < 4.78 is 28.8. The molecule has 0 heterocycles. The Labute approximate surface area is 55.7 Å². The van der Waals surface area contributed by atoms with E-state index in [1.165, 1.54) is 0 Å². The summed E-state index contributed by atoms with van der Waals surface area (Å²) in [6, 6.07) is 0. The van der Waals surface area contributed by atoms with E-state index in [4.69, 9.17) is 18.2 Å². The van der Waals surface area contributed by atoms with Gasteiger partial charge >= 0.3 is 22.4 Å². The van der Waals surface area contributed by atoms with Gasteiger partial charge in [0.2, 0.25) is 10.4 Å². The average Bonchev–Trinajstić information content (AvgIpc) is 1.35. The maximum atomic E-state index is 8.91. The molecular formula is AgO5S. The first-order valence-electron chi connectivity index (χ1n) is 0.833. The maximum absolute atomic E-state index is 8.91. The van der Waals surface area contributed by atoms with Crippen LogP contribution in [0.4, 0.5) is 0 Å². The van der Waals surface area contributed by atoms with Crippen molar-refractivity contribution in [1.29, 1.82) is 0 Å². The Kier molecular flexibility index (Phi) is 5.35. The summed E-state index contributed by atoms with van der Waals surface area (Å²) in [5.41, 5.74) is 0. The van der Waals surface area contributed by atoms with E-state index in [1.807, 2.05) is 0 Å². The topological polar surface area (TPSA) is 89.5 Å². The first kappa shape index (κ1) is 10.5. The molecule has 0 aromatic carbocycles. The second-order valence-electron chi connectivity index (χ2n) is 0.476. The summed E-state index contributed by atoms with van der Waals surface area (Å²) in [6.45, 7) is 0. The quantitative estimate of drug-likeness (QED) is 0.163. The van der Waals surface area contributed by atoms with Gasteiger partial charge < -0.3 is 14.1 Å². The summed E-state index contributed by atoms with van der Waals surface area (Å²) in [5, 5.41) is 8.55. The predicted octanol–water partition coefficient (Wildman–Crippen LogP) is -2.26. The van der Waals surface area contributed by atoms with Crippen molar-refractivity contribution in [3.05, 3.63) is 0 Å². The summed E-state index contributed by atoms with van der Waals surface area (Å²) in [4.78, 5) is 0. The zero-order valence-corrected chi connectivity index (χ0v) is 5.05. The minimum absolute atomic E-state index is 0. The summed E-state index contributed by atoms with van der Waals surface area (Å²) in [7, 11) is -4.97.